The number of aromatic nitrogens is 1. The molecule has 0 radical (unpaired) electrons. The standard InChI is InChI=1S/C17H20N2O3/c1-11(2)15-10-18-17(22-15)12-5-7-13(8-6-12)19-16(20)14-4-3-9-21-14/h5-8,10-11,14H,3-4,9H2,1-2H3,(H,19,20)/t14-/m1/s1. The second-order valence-electron chi connectivity index (χ2n) is 5.79. The van der Waals surface area contributed by atoms with Crippen LogP contribution in [0.15, 0.2) is 34.9 Å². The third-order valence-corrected chi connectivity index (χ3v) is 3.71. The van der Waals surface area contributed by atoms with Gasteiger partial charge in [0.15, 0.2) is 0 Å². The first-order valence-corrected chi connectivity index (χ1v) is 7.62. The van der Waals surface area contributed by atoms with Crippen molar-refractivity contribution in [3.8, 4) is 11.5 Å². The summed E-state index contributed by atoms with van der Waals surface area (Å²) in [6.07, 6.45) is 3.17. The van der Waals surface area contributed by atoms with Gasteiger partial charge in [-0.25, -0.2) is 4.98 Å². The molecule has 22 heavy (non-hydrogen) atoms. The molecular formula is C17H20N2O3. The topological polar surface area (TPSA) is 64.4 Å². The number of nitrogens with one attached hydrogen (secondary N) is 1. The van der Waals surface area contributed by atoms with Gasteiger partial charge < -0.3 is 14.5 Å². The number of anilines is 1. The van der Waals surface area contributed by atoms with E-state index in [1.807, 2.05) is 24.3 Å². The van der Waals surface area contributed by atoms with Gasteiger partial charge in [-0.15, -0.1) is 0 Å². The maximum absolute atomic E-state index is 12.0. The molecule has 3 rings (SSSR count). The monoisotopic (exact) mass is 300 g/mol. The van der Waals surface area contributed by atoms with Gasteiger partial charge in [-0.2, -0.15) is 0 Å². The van der Waals surface area contributed by atoms with Crippen molar-refractivity contribution in [1.29, 1.82) is 0 Å². The Balaban J connectivity index is 1.67. The molecule has 1 aliphatic rings. The number of hydrogen-bond donors (Lipinski definition) is 1. The zero-order valence-corrected chi connectivity index (χ0v) is 12.8. The SMILES string of the molecule is CC(C)c1cnc(-c2ccc(NC(=O)[C@H]3CCCO3)cc2)o1. The number of rotatable bonds is 4. The Hall–Kier alpha value is -2.14. The van der Waals surface area contributed by atoms with Crippen LogP contribution in [0.25, 0.3) is 11.5 Å². The summed E-state index contributed by atoms with van der Waals surface area (Å²) in [6.45, 7) is 4.79. The van der Waals surface area contributed by atoms with E-state index in [4.69, 9.17) is 9.15 Å². The molecule has 2 aromatic rings. The number of nitrogens with zero attached hydrogens (tertiary/aromatic N) is 1. The highest BCUT2D eigenvalue weighted by Gasteiger charge is 2.23. The van der Waals surface area contributed by atoms with Gasteiger partial charge in [0.2, 0.25) is 5.89 Å². The Labute approximate surface area is 129 Å². The fraction of sp³-hybridized carbons (Fsp3) is 0.412. The number of amides is 1. The van der Waals surface area contributed by atoms with Crippen molar-refractivity contribution in [2.75, 3.05) is 11.9 Å². The second kappa shape index (κ2) is 6.32. The van der Waals surface area contributed by atoms with Crippen LogP contribution in [-0.2, 0) is 9.53 Å². The molecular weight excluding hydrogens is 280 g/mol. The molecule has 0 aliphatic carbocycles. The van der Waals surface area contributed by atoms with Gasteiger partial charge >= 0.3 is 0 Å². The number of oxazole rings is 1. The second-order valence-corrected chi connectivity index (χ2v) is 5.79. The number of carbonyl (C=O) groups is 1. The van der Waals surface area contributed by atoms with E-state index in [-0.39, 0.29) is 12.0 Å². The third-order valence-electron chi connectivity index (χ3n) is 3.71. The molecule has 116 valence electrons. The van der Waals surface area contributed by atoms with E-state index in [2.05, 4.69) is 24.1 Å². The predicted molar refractivity (Wildman–Crippen MR) is 83.6 cm³/mol. The van der Waals surface area contributed by atoms with Crippen molar-refractivity contribution in [3.05, 3.63) is 36.2 Å². The first-order valence-electron chi connectivity index (χ1n) is 7.62. The van der Waals surface area contributed by atoms with Gasteiger partial charge in [0, 0.05) is 23.8 Å². The van der Waals surface area contributed by atoms with Crippen LogP contribution in [0.1, 0.15) is 38.4 Å². The Bertz CT molecular complexity index is 640. The molecule has 1 atom stereocenters. The summed E-state index contributed by atoms with van der Waals surface area (Å²) < 4.78 is 11.1. The molecule has 0 spiro atoms. The normalized spacial score (nSPS) is 17.9. The minimum absolute atomic E-state index is 0.0801. The van der Waals surface area contributed by atoms with Crippen molar-refractivity contribution in [3.63, 3.8) is 0 Å². The Kier molecular flexibility index (Phi) is 4.24. The maximum atomic E-state index is 12.0. The lowest BCUT2D eigenvalue weighted by Gasteiger charge is -2.10. The van der Waals surface area contributed by atoms with Crippen molar-refractivity contribution >= 4 is 11.6 Å². The number of benzene rings is 1. The van der Waals surface area contributed by atoms with Crippen molar-refractivity contribution < 1.29 is 13.9 Å². The van der Waals surface area contributed by atoms with Gasteiger partial charge in [-0.05, 0) is 37.1 Å². The summed E-state index contributed by atoms with van der Waals surface area (Å²) in [6, 6.07) is 7.48. The van der Waals surface area contributed by atoms with Gasteiger partial charge in [-0.1, -0.05) is 13.8 Å². The molecule has 1 aromatic carbocycles. The zero-order chi connectivity index (χ0) is 15.5. The molecule has 5 heteroatoms. The number of hydrogen-bond acceptors (Lipinski definition) is 4. The molecule has 5 nitrogen and oxygen atoms in total. The molecule has 1 fully saturated rings. The van der Waals surface area contributed by atoms with Crippen LogP contribution in [0.5, 0.6) is 0 Å². The van der Waals surface area contributed by atoms with E-state index in [0.717, 1.165) is 29.9 Å². The summed E-state index contributed by atoms with van der Waals surface area (Å²) in [5.41, 5.74) is 1.64. The van der Waals surface area contributed by atoms with Crippen molar-refractivity contribution in [1.82, 2.24) is 4.98 Å². The summed E-state index contributed by atoms with van der Waals surface area (Å²) in [5, 5.41) is 2.87. The summed E-state index contributed by atoms with van der Waals surface area (Å²) >= 11 is 0. The highest BCUT2D eigenvalue weighted by atomic mass is 16.5. The molecule has 0 bridgehead atoms. The van der Waals surface area contributed by atoms with Crippen LogP contribution in [0.4, 0.5) is 5.69 Å². The van der Waals surface area contributed by atoms with Crippen LogP contribution >= 0.6 is 0 Å². The Morgan fingerprint density at radius 2 is 2.09 bits per heavy atom. The van der Waals surface area contributed by atoms with Gasteiger partial charge in [-0.3, -0.25) is 4.79 Å². The Morgan fingerprint density at radius 3 is 2.68 bits per heavy atom. The predicted octanol–water partition coefficient (Wildman–Crippen LogP) is 3.58. The van der Waals surface area contributed by atoms with Crippen molar-refractivity contribution in [2.24, 2.45) is 0 Å². The first-order chi connectivity index (χ1) is 10.6. The summed E-state index contributed by atoms with van der Waals surface area (Å²) in [4.78, 5) is 16.3. The largest absolute Gasteiger partial charge is 0.441 e. The highest BCUT2D eigenvalue weighted by Crippen LogP contribution is 2.24. The molecule has 1 aromatic heterocycles. The van der Waals surface area contributed by atoms with E-state index < -0.39 is 0 Å². The minimum atomic E-state index is -0.319. The fourth-order valence-corrected chi connectivity index (χ4v) is 2.39. The molecule has 1 N–H and O–H groups in total. The zero-order valence-electron chi connectivity index (χ0n) is 12.8. The summed E-state index contributed by atoms with van der Waals surface area (Å²) in [5.74, 6) is 1.70. The third kappa shape index (κ3) is 3.20. The number of ether oxygens (including phenoxy) is 1. The molecule has 1 amide bonds. The van der Waals surface area contributed by atoms with Gasteiger partial charge in [0.05, 0.1) is 6.20 Å². The van der Waals surface area contributed by atoms with Crippen LogP contribution < -0.4 is 5.32 Å². The fourth-order valence-electron chi connectivity index (χ4n) is 2.39. The van der Waals surface area contributed by atoms with E-state index in [1.165, 1.54) is 0 Å². The quantitative estimate of drug-likeness (QED) is 0.937. The van der Waals surface area contributed by atoms with Crippen molar-refractivity contribution in [2.45, 2.75) is 38.7 Å². The van der Waals surface area contributed by atoms with Gasteiger partial charge in [0.25, 0.3) is 5.91 Å². The van der Waals surface area contributed by atoms with Crippen LogP contribution in [0.2, 0.25) is 0 Å². The van der Waals surface area contributed by atoms with E-state index in [0.29, 0.717) is 18.4 Å². The molecule has 1 saturated heterocycles. The lowest BCUT2D eigenvalue weighted by atomic mass is 10.2. The smallest absolute Gasteiger partial charge is 0.253 e. The van der Waals surface area contributed by atoms with E-state index in [9.17, 15) is 4.79 Å². The minimum Gasteiger partial charge on any atom is -0.441 e. The van der Waals surface area contributed by atoms with Gasteiger partial charge in [0.1, 0.15) is 11.9 Å². The maximum Gasteiger partial charge on any atom is 0.253 e. The van der Waals surface area contributed by atoms with E-state index >= 15 is 0 Å². The lowest BCUT2D eigenvalue weighted by Crippen LogP contribution is -2.26. The average Bonchev–Trinajstić information content (AvgIpc) is 3.20. The van der Waals surface area contributed by atoms with Crippen LogP contribution in [-0.4, -0.2) is 23.6 Å². The molecule has 2 heterocycles. The Morgan fingerprint density at radius 1 is 1.32 bits per heavy atom. The van der Waals surface area contributed by atoms with Crippen LogP contribution in [0.3, 0.4) is 0 Å². The molecule has 0 unspecified atom stereocenters. The average molecular weight is 300 g/mol. The van der Waals surface area contributed by atoms with Crippen LogP contribution in [0, 0.1) is 0 Å². The molecule has 1 aliphatic heterocycles. The first kappa shape index (κ1) is 14.8. The lowest BCUT2D eigenvalue weighted by molar-refractivity contribution is -0.124. The molecule has 0 saturated carbocycles. The van der Waals surface area contributed by atoms with E-state index in [1.54, 1.807) is 6.20 Å². The number of carbonyl (C=O) groups excluding carboxylic acids is 1. The highest BCUT2D eigenvalue weighted by molar-refractivity contribution is 5.94. The summed E-state index contributed by atoms with van der Waals surface area (Å²) in [7, 11) is 0.